The van der Waals surface area contributed by atoms with Gasteiger partial charge in [-0.2, -0.15) is 0 Å². The largest absolute Gasteiger partial charge is 0.375 e. The average molecular weight is 253 g/mol. The Morgan fingerprint density at radius 3 is 2.61 bits per heavy atom. The Bertz CT molecular complexity index is 276. The third-order valence-corrected chi connectivity index (χ3v) is 5.01. The lowest BCUT2D eigenvalue weighted by Gasteiger charge is -2.40. The topological polar surface area (TPSA) is 44.5 Å². The number of rotatable bonds is 2. The van der Waals surface area contributed by atoms with Crippen LogP contribution in [0.2, 0.25) is 0 Å². The van der Waals surface area contributed by atoms with Gasteiger partial charge in [-0.1, -0.05) is 12.8 Å². The van der Waals surface area contributed by atoms with Crippen LogP contribution in [0.25, 0.3) is 0 Å². The summed E-state index contributed by atoms with van der Waals surface area (Å²) in [6.07, 6.45) is 12.9. The molecular weight excluding hydrogens is 226 g/mol. The lowest BCUT2D eigenvalue weighted by Crippen LogP contribution is -2.43. The van der Waals surface area contributed by atoms with Crippen LogP contribution in [0.3, 0.4) is 0 Å². The zero-order valence-corrected chi connectivity index (χ0v) is 11.4. The summed E-state index contributed by atoms with van der Waals surface area (Å²) in [7, 11) is 0. The molecule has 0 radical (unpaired) electrons. The molecule has 2 N–H and O–H groups in total. The predicted octanol–water partition coefficient (Wildman–Crippen LogP) is 2.76. The van der Waals surface area contributed by atoms with Gasteiger partial charge in [0.05, 0.1) is 17.8 Å². The van der Waals surface area contributed by atoms with E-state index in [2.05, 4.69) is 0 Å². The average Bonchev–Trinajstić information content (AvgIpc) is 2.77. The van der Waals surface area contributed by atoms with Crippen LogP contribution < -0.4 is 5.73 Å². The minimum absolute atomic E-state index is 0.180. The molecular formula is C15H27NO2. The molecule has 0 bridgehead atoms. The maximum absolute atomic E-state index is 6.33. The zero-order chi connectivity index (χ0) is 12.4. The summed E-state index contributed by atoms with van der Waals surface area (Å²) in [5.41, 5.74) is 6.22. The van der Waals surface area contributed by atoms with Crippen LogP contribution in [0.4, 0.5) is 0 Å². The van der Waals surface area contributed by atoms with Crippen molar-refractivity contribution in [2.24, 2.45) is 5.73 Å². The third-order valence-electron chi connectivity index (χ3n) is 5.01. The van der Waals surface area contributed by atoms with Gasteiger partial charge >= 0.3 is 0 Å². The number of nitrogens with two attached hydrogens (primary N) is 1. The first-order valence-electron chi connectivity index (χ1n) is 7.81. The predicted molar refractivity (Wildman–Crippen MR) is 71.5 cm³/mol. The number of ether oxygens (including phenoxy) is 2. The van der Waals surface area contributed by atoms with Crippen LogP contribution in [-0.4, -0.2) is 30.5 Å². The van der Waals surface area contributed by atoms with Crippen molar-refractivity contribution in [1.29, 1.82) is 0 Å². The van der Waals surface area contributed by atoms with E-state index in [1.54, 1.807) is 0 Å². The minimum atomic E-state index is 0.180. The second-order valence-corrected chi connectivity index (χ2v) is 6.54. The highest BCUT2D eigenvalue weighted by Crippen LogP contribution is 2.41. The van der Waals surface area contributed by atoms with E-state index in [0.717, 1.165) is 25.9 Å². The number of hydrogen-bond donors (Lipinski definition) is 1. The van der Waals surface area contributed by atoms with Crippen LogP contribution in [0.1, 0.15) is 64.2 Å². The van der Waals surface area contributed by atoms with E-state index in [1.807, 2.05) is 0 Å². The molecule has 18 heavy (non-hydrogen) atoms. The van der Waals surface area contributed by atoms with Crippen molar-refractivity contribution >= 4 is 0 Å². The Balaban J connectivity index is 1.52. The maximum Gasteiger partial charge on any atom is 0.0707 e. The van der Waals surface area contributed by atoms with Gasteiger partial charge in [0.1, 0.15) is 0 Å². The van der Waals surface area contributed by atoms with Crippen LogP contribution in [0.15, 0.2) is 0 Å². The molecule has 1 aliphatic heterocycles. The molecule has 2 aliphatic carbocycles. The fourth-order valence-corrected chi connectivity index (χ4v) is 4.04. The molecule has 0 aromatic carbocycles. The van der Waals surface area contributed by atoms with Crippen molar-refractivity contribution in [2.75, 3.05) is 6.61 Å². The van der Waals surface area contributed by atoms with E-state index >= 15 is 0 Å². The van der Waals surface area contributed by atoms with Crippen molar-refractivity contribution in [3.8, 4) is 0 Å². The Kier molecular flexibility index (Phi) is 3.92. The van der Waals surface area contributed by atoms with Gasteiger partial charge in [0.2, 0.25) is 0 Å². The SMILES string of the molecule is NC1CCCC(OC2CCOC3(CCCC3)C2)C1. The fourth-order valence-electron chi connectivity index (χ4n) is 4.04. The van der Waals surface area contributed by atoms with Gasteiger partial charge in [-0.25, -0.2) is 0 Å². The van der Waals surface area contributed by atoms with Crippen molar-refractivity contribution in [1.82, 2.24) is 0 Å². The second kappa shape index (κ2) is 5.48. The molecule has 0 aromatic heterocycles. The molecule has 3 fully saturated rings. The molecule has 104 valence electrons. The van der Waals surface area contributed by atoms with E-state index < -0.39 is 0 Å². The van der Waals surface area contributed by atoms with Gasteiger partial charge < -0.3 is 15.2 Å². The van der Waals surface area contributed by atoms with E-state index in [0.29, 0.717) is 18.2 Å². The van der Waals surface area contributed by atoms with Crippen LogP contribution in [0, 0.1) is 0 Å². The lowest BCUT2D eigenvalue weighted by atomic mass is 9.89. The molecule has 3 atom stereocenters. The quantitative estimate of drug-likeness (QED) is 0.823. The summed E-state index contributed by atoms with van der Waals surface area (Å²) >= 11 is 0. The smallest absolute Gasteiger partial charge is 0.0707 e. The number of hydrogen-bond acceptors (Lipinski definition) is 3. The lowest BCUT2D eigenvalue weighted by molar-refractivity contribution is -0.149. The van der Waals surface area contributed by atoms with Crippen LogP contribution in [-0.2, 0) is 9.47 Å². The summed E-state index contributed by atoms with van der Waals surface area (Å²) in [6, 6.07) is 0.365. The first kappa shape index (κ1) is 12.9. The second-order valence-electron chi connectivity index (χ2n) is 6.54. The van der Waals surface area contributed by atoms with Crippen molar-refractivity contribution in [3.05, 3.63) is 0 Å². The highest BCUT2D eigenvalue weighted by Gasteiger charge is 2.41. The summed E-state index contributed by atoms with van der Waals surface area (Å²) in [5, 5.41) is 0. The van der Waals surface area contributed by atoms with Crippen LogP contribution in [0.5, 0.6) is 0 Å². The first-order valence-corrected chi connectivity index (χ1v) is 7.81. The molecule has 1 saturated heterocycles. The van der Waals surface area contributed by atoms with E-state index in [-0.39, 0.29) is 5.60 Å². The summed E-state index contributed by atoms with van der Waals surface area (Å²) in [5.74, 6) is 0. The zero-order valence-electron chi connectivity index (χ0n) is 11.4. The summed E-state index contributed by atoms with van der Waals surface area (Å²) < 4.78 is 12.4. The molecule has 3 nitrogen and oxygen atoms in total. The van der Waals surface area contributed by atoms with Crippen LogP contribution >= 0.6 is 0 Å². The first-order chi connectivity index (χ1) is 8.76. The standard InChI is InChI=1S/C15H27NO2/c16-12-4-3-5-13(10-12)18-14-6-9-17-15(11-14)7-1-2-8-15/h12-14H,1-11,16H2. The molecule has 1 heterocycles. The van der Waals surface area contributed by atoms with Gasteiger partial charge in [-0.3, -0.25) is 0 Å². The highest BCUT2D eigenvalue weighted by molar-refractivity contribution is 4.92. The maximum atomic E-state index is 6.33. The van der Waals surface area contributed by atoms with Gasteiger partial charge in [-0.05, 0) is 44.9 Å². The molecule has 3 unspecified atom stereocenters. The van der Waals surface area contributed by atoms with Crippen molar-refractivity contribution < 1.29 is 9.47 Å². The normalized spacial score (nSPS) is 40.2. The minimum Gasteiger partial charge on any atom is -0.375 e. The van der Waals surface area contributed by atoms with Crippen molar-refractivity contribution in [2.45, 2.75) is 88.1 Å². The molecule has 0 amide bonds. The third kappa shape index (κ3) is 2.89. The van der Waals surface area contributed by atoms with Gasteiger partial charge in [0, 0.05) is 19.1 Å². The van der Waals surface area contributed by atoms with Gasteiger partial charge in [-0.15, -0.1) is 0 Å². The Morgan fingerprint density at radius 2 is 1.83 bits per heavy atom. The summed E-state index contributed by atoms with van der Waals surface area (Å²) in [4.78, 5) is 0. The molecule has 2 saturated carbocycles. The molecule has 1 spiro atoms. The van der Waals surface area contributed by atoms with Crippen molar-refractivity contribution in [3.63, 3.8) is 0 Å². The molecule has 0 aromatic rings. The fraction of sp³-hybridized carbons (Fsp3) is 1.00. The van der Waals surface area contributed by atoms with Gasteiger partial charge in [0.15, 0.2) is 0 Å². The molecule has 3 aliphatic rings. The Labute approximate surface area is 110 Å². The van der Waals surface area contributed by atoms with Gasteiger partial charge in [0.25, 0.3) is 0 Å². The molecule has 3 rings (SSSR count). The highest BCUT2D eigenvalue weighted by atomic mass is 16.5. The van der Waals surface area contributed by atoms with E-state index in [9.17, 15) is 0 Å². The van der Waals surface area contributed by atoms with E-state index in [1.165, 1.54) is 44.9 Å². The Morgan fingerprint density at radius 1 is 1.00 bits per heavy atom. The molecule has 3 heteroatoms. The summed E-state index contributed by atoms with van der Waals surface area (Å²) in [6.45, 7) is 0.892. The Hall–Kier alpha value is -0.120. The monoisotopic (exact) mass is 253 g/mol. The van der Waals surface area contributed by atoms with E-state index in [4.69, 9.17) is 15.2 Å².